The van der Waals surface area contributed by atoms with Crippen LogP contribution in [-0.2, 0) is 28.6 Å². The molecule has 0 saturated heterocycles. The second-order valence-electron chi connectivity index (χ2n) is 27.8. The third-order valence-electron chi connectivity index (χ3n) is 16.5. The lowest BCUT2D eigenvalue weighted by atomic mass is 9.98. The Balaban J connectivity index is 0.000000163. The Kier molecular flexibility index (Phi) is 22.1. The monoisotopic (exact) mass is 1410 g/mol. The van der Waals surface area contributed by atoms with E-state index in [1.165, 1.54) is 25.8 Å². The highest BCUT2D eigenvalue weighted by molar-refractivity contribution is 7.15. The first kappa shape index (κ1) is 73.9. The smallest absolute Gasteiger partial charge is 0.308 e. The molecule has 101 heavy (non-hydrogen) atoms. The summed E-state index contributed by atoms with van der Waals surface area (Å²) in [5.74, 6) is 21.2. The summed E-state index contributed by atoms with van der Waals surface area (Å²) in [4.78, 5) is 57.4. The van der Waals surface area contributed by atoms with Crippen molar-refractivity contribution < 1.29 is 33.7 Å². The number of thiophene rings is 3. The van der Waals surface area contributed by atoms with Crippen LogP contribution >= 0.6 is 34.0 Å². The van der Waals surface area contributed by atoms with Crippen molar-refractivity contribution in [2.24, 2.45) is 15.0 Å². The Morgan fingerprint density at radius 2 is 0.713 bits per heavy atom. The molecule has 9 heterocycles. The molecular weight excluding hydrogens is 1330 g/mol. The quantitative estimate of drug-likeness (QED) is 0.0806. The molecule has 1 N–H and O–H groups in total. The van der Waals surface area contributed by atoms with Gasteiger partial charge in [-0.1, -0.05) is 72.9 Å². The van der Waals surface area contributed by atoms with Crippen LogP contribution in [0.3, 0.4) is 0 Å². The Morgan fingerprint density at radius 3 is 0.970 bits per heavy atom. The molecule has 9 aromatic rings. The van der Waals surface area contributed by atoms with Gasteiger partial charge in [0.1, 0.15) is 74.0 Å². The van der Waals surface area contributed by atoms with Crippen LogP contribution in [-0.4, -0.2) is 108 Å². The highest BCUT2D eigenvalue weighted by Gasteiger charge is 2.38. The summed E-state index contributed by atoms with van der Waals surface area (Å²) in [5.41, 5.74) is 13.0. The second kappa shape index (κ2) is 30.2. The number of aliphatic hydroxyl groups is 1. The second-order valence-corrected chi connectivity index (χ2v) is 31.4. The maximum atomic E-state index is 12.8. The SMILES string of the molecule is CC#Cc1ccc(C2=NC(CC(=O)OC(C)(C)C)c3nnc(C)n3-c3sc(C)c(C)c32)cc1.CCC#Cc1ccc(C2=NC(CC(=O)OC(C)(C)C)c3nnc(C)n3-c3sc(C)c(C)c32)cc1.Cc1sc2c(c1C)C(c1ccc(C#CCO)cc1)=NC(CC(=O)OC(C)(C)C)c1nnc(C)n1-2. The minimum Gasteiger partial charge on any atom is -0.460 e. The van der Waals surface area contributed by atoms with Crippen LogP contribution in [0.5, 0.6) is 0 Å². The van der Waals surface area contributed by atoms with E-state index in [1.54, 1.807) is 34.0 Å². The minimum atomic E-state index is -0.588. The number of aliphatic imine (C=N–C) groups is 3. The van der Waals surface area contributed by atoms with Crippen molar-refractivity contribution in [3.63, 3.8) is 0 Å². The van der Waals surface area contributed by atoms with Crippen molar-refractivity contribution >= 4 is 69.1 Å². The standard InChI is InChI=1S/C27H30N4O2S.C26H28N4O3S.C26H28N4O2S/c1-8-9-10-19-11-13-20(14-12-19)24-23-16(2)17(3)34-26(23)31-18(4)29-30-25(31)21(28-24)15-22(32)33-27(5,6)7;1-15-16(2)34-25-22(15)23(19-11-9-18(10-12-19)8-7-13-31)27-20(14-21(32)33-26(4,5)6)24-29-28-17(3)30(24)25;1-8-9-18-10-12-19(13-11-18)23-22-15(2)16(3)33-25(22)30-17(4)28-29-24(30)20(27-23)14-21(31)32-26(5,6)7/h11-14,21H,8,15H2,1-7H3;9-12,20,31H,13-14H2,1-6H3;10-13,20H,14H2,1-7H3. The third-order valence-corrected chi connectivity index (χ3v) is 20.1. The molecule has 0 radical (unpaired) electrons. The number of nitrogens with zero attached hydrogens (tertiary/aromatic N) is 12. The van der Waals surface area contributed by atoms with E-state index < -0.39 is 34.9 Å². The first-order valence-electron chi connectivity index (χ1n) is 33.6. The Bertz CT molecular complexity index is 4750. The maximum Gasteiger partial charge on any atom is 0.308 e. The molecule has 12 rings (SSSR count). The number of carbonyl (C=O) groups excluding carboxylic acids is 3. The Hall–Kier alpha value is -9.76. The fourth-order valence-electron chi connectivity index (χ4n) is 11.8. The minimum absolute atomic E-state index is 0.0614. The number of benzene rings is 3. The van der Waals surface area contributed by atoms with Crippen LogP contribution < -0.4 is 0 Å². The van der Waals surface area contributed by atoms with Gasteiger partial charge in [-0.15, -0.1) is 70.5 Å². The Labute approximate surface area is 603 Å². The van der Waals surface area contributed by atoms with Gasteiger partial charge in [0.05, 0.1) is 36.4 Å². The molecule has 6 aromatic heterocycles. The molecule has 3 unspecified atom stereocenters. The summed E-state index contributed by atoms with van der Waals surface area (Å²) in [6.07, 6.45) is 1.06. The van der Waals surface area contributed by atoms with Crippen LogP contribution in [0.4, 0.5) is 0 Å². The van der Waals surface area contributed by atoms with E-state index >= 15 is 0 Å². The first-order valence-corrected chi connectivity index (χ1v) is 36.0. The highest BCUT2D eigenvalue weighted by Crippen LogP contribution is 2.44. The first-order chi connectivity index (χ1) is 47.8. The lowest BCUT2D eigenvalue weighted by Crippen LogP contribution is -2.25. The van der Waals surface area contributed by atoms with E-state index in [2.05, 4.69) is 120 Å². The van der Waals surface area contributed by atoms with Crippen molar-refractivity contribution in [3.8, 4) is 50.5 Å². The van der Waals surface area contributed by atoms with Gasteiger partial charge in [-0.25, -0.2) is 0 Å². The third kappa shape index (κ3) is 16.7. The molecule has 0 saturated carbocycles. The fraction of sp³-hybridized carbons (Fsp3) is 0.392. The molecule has 19 nitrogen and oxygen atoms in total. The summed E-state index contributed by atoms with van der Waals surface area (Å²) >= 11 is 5.07. The zero-order valence-electron chi connectivity index (χ0n) is 61.2. The molecule has 522 valence electrons. The number of carbonyl (C=O) groups is 3. The fourth-order valence-corrected chi connectivity index (χ4v) is 15.4. The molecule has 0 amide bonds. The van der Waals surface area contributed by atoms with Gasteiger partial charge in [-0.3, -0.25) is 43.1 Å². The highest BCUT2D eigenvalue weighted by atomic mass is 32.1. The van der Waals surface area contributed by atoms with Crippen LogP contribution in [0, 0.1) is 97.8 Å². The molecular formula is C79H86N12O7S3. The molecule has 0 spiro atoms. The molecule has 3 aliphatic heterocycles. The van der Waals surface area contributed by atoms with Gasteiger partial charge in [0.25, 0.3) is 0 Å². The van der Waals surface area contributed by atoms with Crippen LogP contribution in [0.1, 0.15) is 236 Å². The zero-order valence-corrected chi connectivity index (χ0v) is 63.6. The average molecular weight is 1410 g/mol. The van der Waals surface area contributed by atoms with Gasteiger partial charge in [0, 0.05) is 71.1 Å². The van der Waals surface area contributed by atoms with Gasteiger partial charge < -0.3 is 19.3 Å². The number of rotatable bonds is 9. The number of aromatic nitrogens is 9. The molecule has 3 aromatic carbocycles. The van der Waals surface area contributed by atoms with Crippen molar-refractivity contribution in [1.29, 1.82) is 0 Å². The zero-order chi connectivity index (χ0) is 73.2. The number of hydrogen-bond donors (Lipinski definition) is 1. The van der Waals surface area contributed by atoms with Crippen molar-refractivity contribution in [2.45, 2.75) is 199 Å². The lowest BCUT2D eigenvalue weighted by molar-refractivity contribution is -0.156. The molecule has 0 aliphatic carbocycles. The van der Waals surface area contributed by atoms with Crippen molar-refractivity contribution in [1.82, 2.24) is 44.3 Å². The van der Waals surface area contributed by atoms with Gasteiger partial charge >= 0.3 is 17.9 Å². The molecule has 3 aliphatic rings. The lowest BCUT2D eigenvalue weighted by Gasteiger charge is -2.21. The van der Waals surface area contributed by atoms with E-state index in [0.717, 1.165) is 112 Å². The summed E-state index contributed by atoms with van der Waals surface area (Å²) in [7, 11) is 0. The van der Waals surface area contributed by atoms with Gasteiger partial charge in [0.15, 0.2) is 17.5 Å². The van der Waals surface area contributed by atoms with Crippen LogP contribution in [0.2, 0.25) is 0 Å². The largest absolute Gasteiger partial charge is 0.460 e. The molecule has 0 bridgehead atoms. The molecule has 0 fully saturated rings. The normalized spacial score (nSPS) is 14.9. The van der Waals surface area contributed by atoms with Gasteiger partial charge in [0.2, 0.25) is 0 Å². The predicted molar refractivity (Wildman–Crippen MR) is 400 cm³/mol. The Morgan fingerprint density at radius 1 is 0.436 bits per heavy atom. The van der Waals surface area contributed by atoms with Crippen molar-refractivity contribution in [2.75, 3.05) is 6.61 Å². The van der Waals surface area contributed by atoms with E-state index in [4.69, 9.17) is 34.3 Å². The number of ether oxygens (including phenoxy) is 3. The van der Waals surface area contributed by atoms with Crippen LogP contribution in [0.25, 0.3) is 15.0 Å². The summed E-state index contributed by atoms with van der Waals surface area (Å²) in [6, 6.07) is 22.4. The summed E-state index contributed by atoms with van der Waals surface area (Å²) in [5, 5.41) is 38.3. The predicted octanol–water partition coefficient (Wildman–Crippen LogP) is 15.1. The van der Waals surface area contributed by atoms with E-state index in [0.29, 0.717) is 17.5 Å². The number of fused-ring (bicyclic) bond motifs is 9. The number of esters is 3. The van der Waals surface area contributed by atoms with E-state index in [-0.39, 0.29) is 43.8 Å². The van der Waals surface area contributed by atoms with Crippen molar-refractivity contribution in [3.05, 3.63) is 189 Å². The number of aryl methyl sites for hydroxylation is 6. The summed E-state index contributed by atoms with van der Waals surface area (Å²) in [6.45, 7) is 38.9. The van der Waals surface area contributed by atoms with Crippen LogP contribution in [0.15, 0.2) is 87.8 Å². The van der Waals surface area contributed by atoms with Gasteiger partial charge in [-0.05, 0) is 185 Å². The number of aliphatic hydroxyl groups excluding tert-OH is 1. The van der Waals surface area contributed by atoms with Gasteiger partial charge in [-0.2, -0.15) is 0 Å². The summed E-state index contributed by atoms with van der Waals surface area (Å²) < 4.78 is 22.9. The average Bonchev–Trinajstić information content (AvgIpc) is 1.61. The van der Waals surface area contributed by atoms with E-state index in [1.807, 2.05) is 171 Å². The molecule has 3 atom stereocenters. The number of hydrogen-bond acceptors (Lipinski definition) is 19. The maximum absolute atomic E-state index is 12.8. The van der Waals surface area contributed by atoms with E-state index in [9.17, 15) is 14.4 Å². The topological polar surface area (TPSA) is 228 Å². The molecule has 22 heteroatoms.